The van der Waals surface area contributed by atoms with Crippen molar-refractivity contribution in [3.8, 4) is 0 Å². The molecule has 6 heteroatoms. The summed E-state index contributed by atoms with van der Waals surface area (Å²) in [6, 6.07) is 5.95. The van der Waals surface area contributed by atoms with Gasteiger partial charge in [-0.1, -0.05) is 39.8 Å². The van der Waals surface area contributed by atoms with Gasteiger partial charge in [0.05, 0.1) is 18.4 Å². The summed E-state index contributed by atoms with van der Waals surface area (Å²) in [5, 5.41) is 5.37. The van der Waals surface area contributed by atoms with Gasteiger partial charge in [0, 0.05) is 5.41 Å². The lowest BCUT2D eigenvalue weighted by molar-refractivity contribution is -0.142. The summed E-state index contributed by atoms with van der Waals surface area (Å²) in [5.74, 6) is -1.14. The Hall–Kier alpha value is -2.37. The summed E-state index contributed by atoms with van der Waals surface area (Å²) in [4.78, 5) is 36.1. The number of para-hydroxylation sites is 1. The molecule has 0 radical (unpaired) electrons. The highest BCUT2D eigenvalue weighted by atomic mass is 16.5. The number of methoxy groups -OCH3 is 1. The van der Waals surface area contributed by atoms with Crippen molar-refractivity contribution in [2.75, 3.05) is 12.4 Å². The first-order valence-corrected chi connectivity index (χ1v) is 7.49. The molecule has 1 rings (SSSR count). The van der Waals surface area contributed by atoms with Crippen molar-refractivity contribution in [3.63, 3.8) is 0 Å². The molecule has 0 aliphatic carbocycles. The van der Waals surface area contributed by atoms with E-state index in [1.54, 1.807) is 52.0 Å². The molecule has 0 saturated heterocycles. The van der Waals surface area contributed by atoms with E-state index in [1.807, 2.05) is 0 Å². The van der Waals surface area contributed by atoms with Crippen molar-refractivity contribution in [1.29, 1.82) is 0 Å². The standard InChI is InChI=1S/C17H24N2O4/c1-6-12(15(21)23-5)18-14(20)11-9-7-8-10-13(11)19-16(22)17(2,3)4/h7-10,12H,6H2,1-5H3,(H,18,20)(H,19,22). The Morgan fingerprint density at radius 2 is 1.78 bits per heavy atom. The topological polar surface area (TPSA) is 84.5 Å². The number of hydrogen-bond donors (Lipinski definition) is 2. The zero-order chi connectivity index (χ0) is 17.6. The van der Waals surface area contributed by atoms with Gasteiger partial charge in [0.2, 0.25) is 5.91 Å². The van der Waals surface area contributed by atoms with E-state index in [4.69, 9.17) is 0 Å². The molecule has 0 fully saturated rings. The molecule has 1 aromatic rings. The summed E-state index contributed by atoms with van der Waals surface area (Å²) in [5.41, 5.74) is 0.124. The number of carbonyl (C=O) groups excluding carboxylic acids is 3. The van der Waals surface area contributed by atoms with Crippen molar-refractivity contribution in [1.82, 2.24) is 5.32 Å². The second-order valence-electron chi connectivity index (χ2n) is 6.21. The molecule has 1 unspecified atom stereocenters. The maximum absolute atomic E-state index is 12.4. The minimum Gasteiger partial charge on any atom is -0.467 e. The molecule has 0 bridgehead atoms. The zero-order valence-corrected chi connectivity index (χ0v) is 14.2. The highest BCUT2D eigenvalue weighted by Crippen LogP contribution is 2.20. The Balaban J connectivity index is 2.98. The Labute approximate surface area is 136 Å². The first-order chi connectivity index (χ1) is 10.7. The van der Waals surface area contributed by atoms with Crippen molar-refractivity contribution >= 4 is 23.5 Å². The summed E-state index contributed by atoms with van der Waals surface area (Å²) < 4.78 is 4.66. The molecule has 0 aliphatic rings. The summed E-state index contributed by atoms with van der Waals surface area (Å²) >= 11 is 0. The molecule has 0 aromatic heterocycles. The predicted octanol–water partition coefficient (Wildman–Crippen LogP) is 2.35. The minimum atomic E-state index is -0.723. The van der Waals surface area contributed by atoms with Gasteiger partial charge in [-0.15, -0.1) is 0 Å². The smallest absolute Gasteiger partial charge is 0.328 e. The maximum Gasteiger partial charge on any atom is 0.328 e. The van der Waals surface area contributed by atoms with Crippen molar-refractivity contribution in [2.45, 2.75) is 40.2 Å². The van der Waals surface area contributed by atoms with E-state index < -0.39 is 23.3 Å². The molecule has 6 nitrogen and oxygen atoms in total. The Bertz CT molecular complexity index is 591. The molecule has 0 saturated carbocycles. The fourth-order valence-corrected chi connectivity index (χ4v) is 1.81. The summed E-state index contributed by atoms with van der Waals surface area (Å²) in [7, 11) is 1.27. The third-order valence-corrected chi connectivity index (χ3v) is 3.30. The third kappa shape index (κ3) is 5.09. The molecular formula is C17H24N2O4. The molecule has 0 heterocycles. The Kier molecular flexibility index (Phi) is 6.30. The number of benzene rings is 1. The van der Waals surface area contributed by atoms with E-state index in [-0.39, 0.29) is 5.91 Å². The SMILES string of the molecule is CCC(NC(=O)c1ccccc1NC(=O)C(C)(C)C)C(=O)OC. The lowest BCUT2D eigenvalue weighted by Crippen LogP contribution is -2.41. The van der Waals surface area contributed by atoms with Crippen LogP contribution in [0.3, 0.4) is 0 Å². The number of carbonyl (C=O) groups is 3. The van der Waals surface area contributed by atoms with Crippen LogP contribution in [0.5, 0.6) is 0 Å². The molecule has 2 amide bonds. The van der Waals surface area contributed by atoms with Gasteiger partial charge in [-0.25, -0.2) is 4.79 Å². The van der Waals surface area contributed by atoms with E-state index in [0.29, 0.717) is 17.7 Å². The van der Waals surface area contributed by atoms with Gasteiger partial charge in [0.1, 0.15) is 6.04 Å². The van der Waals surface area contributed by atoms with E-state index in [2.05, 4.69) is 15.4 Å². The van der Waals surface area contributed by atoms with Crippen LogP contribution in [0.25, 0.3) is 0 Å². The van der Waals surface area contributed by atoms with Crippen LogP contribution in [0.15, 0.2) is 24.3 Å². The van der Waals surface area contributed by atoms with Crippen molar-refractivity contribution in [3.05, 3.63) is 29.8 Å². The van der Waals surface area contributed by atoms with Gasteiger partial charge in [-0.05, 0) is 18.6 Å². The average molecular weight is 320 g/mol. The number of ether oxygens (including phenoxy) is 1. The highest BCUT2D eigenvalue weighted by molar-refractivity contribution is 6.05. The fraction of sp³-hybridized carbons (Fsp3) is 0.471. The maximum atomic E-state index is 12.4. The molecule has 0 spiro atoms. The van der Waals surface area contributed by atoms with Gasteiger partial charge in [0.25, 0.3) is 5.91 Å². The second-order valence-corrected chi connectivity index (χ2v) is 6.21. The van der Waals surface area contributed by atoms with Crippen LogP contribution in [0, 0.1) is 5.41 Å². The molecule has 126 valence electrons. The number of hydrogen-bond acceptors (Lipinski definition) is 4. The van der Waals surface area contributed by atoms with Crippen LogP contribution in [0.1, 0.15) is 44.5 Å². The third-order valence-electron chi connectivity index (χ3n) is 3.30. The van der Waals surface area contributed by atoms with E-state index >= 15 is 0 Å². The lowest BCUT2D eigenvalue weighted by atomic mass is 9.95. The van der Waals surface area contributed by atoms with Gasteiger partial charge in [-0.3, -0.25) is 9.59 Å². The van der Waals surface area contributed by atoms with Crippen LogP contribution in [0.4, 0.5) is 5.69 Å². The zero-order valence-electron chi connectivity index (χ0n) is 14.2. The second kappa shape index (κ2) is 7.76. The number of anilines is 1. The average Bonchev–Trinajstić information content (AvgIpc) is 2.51. The lowest BCUT2D eigenvalue weighted by Gasteiger charge is -2.20. The minimum absolute atomic E-state index is 0.197. The van der Waals surface area contributed by atoms with Crippen molar-refractivity contribution < 1.29 is 19.1 Å². The number of esters is 1. The number of nitrogens with one attached hydrogen (secondary N) is 2. The molecule has 2 N–H and O–H groups in total. The van der Waals surface area contributed by atoms with Crippen LogP contribution < -0.4 is 10.6 Å². The fourth-order valence-electron chi connectivity index (χ4n) is 1.81. The summed E-state index contributed by atoms with van der Waals surface area (Å²) in [6.45, 7) is 7.13. The normalized spacial score (nSPS) is 12.2. The number of rotatable bonds is 5. The number of amides is 2. The van der Waals surface area contributed by atoms with Crippen LogP contribution in [-0.4, -0.2) is 30.9 Å². The molecule has 0 aliphatic heterocycles. The van der Waals surface area contributed by atoms with Gasteiger partial charge in [-0.2, -0.15) is 0 Å². The monoisotopic (exact) mass is 320 g/mol. The molecule has 23 heavy (non-hydrogen) atoms. The Morgan fingerprint density at radius 3 is 2.30 bits per heavy atom. The van der Waals surface area contributed by atoms with E-state index in [1.165, 1.54) is 7.11 Å². The van der Waals surface area contributed by atoms with Crippen molar-refractivity contribution in [2.24, 2.45) is 5.41 Å². The van der Waals surface area contributed by atoms with Gasteiger partial charge >= 0.3 is 5.97 Å². The summed E-state index contributed by atoms with van der Waals surface area (Å²) in [6.07, 6.45) is 0.412. The van der Waals surface area contributed by atoms with E-state index in [0.717, 1.165) is 0 Å². The van der Waals surface area contributed by atoms with Crippen LogP contribution >= 0.6 is 0 Å². The molecular weight excluding hydrogens is 296 g/mol. The Morgan fingerprint density at radius 1 is 1.17 bits per heavy atom. The van der Waals surface area contributed by atoms with E-state index in [9.17, 15) is 14.4 Å². The van der Waals surface area contributed by atoms with Gasteiger partial charge < -0.3 is 15.4 Å². The highest BCUT2D eigenvalue weighted by Gasteiger charge is 2.25. The molecule has 1 aromatic carbocycles. The van der Waals surface area contributed by atoms with Gasteiger partial charge in [0.15, 0.2) is 0 Å². The first kappa shape index (κ1) is 18.7. The quantitative estimate of drug-likeness (QED) is 0.816. The van der Waals surface area contributed by atoms with Crippen LogP contribution in [-0.2, 0) is 14.3 Å². The molecule has 1 atom stereocenters. The predicted molar refractivity (Wildman–Crippen MR) is 88.1 cm³/mol. The van der Waals surface area contributed by atoms with Crippen LogP contribution in [0.2, 0.25) is 0 Å². The first-order valence-electron chi connectivity index (χ1n) is 7.49. The largest absolute Gasteiger partial charge is 0.467 e.